The Morgan fingerprint density at radius 2 is 2.33 bits per heavy atom. The van der Waals surface area contributed by atoms with Gasteiger partial charge in [-0.1, -0.05) is 18.5 Å². The van der Waals surface area contributed by atoms with Gasteiger partial charge in [0.05, 0.1) is 5.69 Å². The Kier molecular flexibility index (Phi) is 3.15. The van der Waals surface area contributed by atoms with E-state index in [9.17, 15) is 0 Å². The van der Waals surface area contributed by atoms with Crippen molar-refractivity contribution < 1.29 is 0 Å². The van der Waals surface area contributed by atoms with Crippen LogP contribution >= 0.6 is 11.6 Å². The largest absolute Gasteiger partial charge is 0.380 e. The van der Waals surface area contributed by atoms with Gasteiger partial charge in [-0.05, 0) is 43.7 Å². The van der Waals surface area contributed by atoms with Gasteiger partial charge < -0.3 is 5.32 Å². The Bertz CT molecular complexity index is 347. The first-order valence-corrected chi connectivity index (χ1v) is 5.97. The van der Waals surface area contributed by atoms with E-state index in [0.717, 1.165) is 23.6 Å². The molecule has 0 radical (unpaired) electrons. The molecule has 0 bridgehead atoms. The number of aromatic nitrogens is 1. The fraction of sp³-hybridized carbons (Fsp3) is 0.583. The van der Waals surface area contributed by atoms with Crippen molar-refractivity contribution in [2.75, 3.05) is 5.32 Å². The van der Waals surface area contributed by atoms with Crippen LogP contribution in [0.2, 0.25) is 5.15 Å². The number of hydrogen-bond acceptors (Lipinski definition) is 2. The normalized spacial score (nSPS) is 17.5. The maximum Gasteiger partial charge on any atom is 0.152 e. The molecule has 0 aromatic carbocycles. The highest BCUT2D eigenvalue weighted by Gasteiger charge is 2.30. The lowest BCUT2D eigenvalue weighted by atomic mass is 10.1. The zero-order valence-electron chi connectivity index (χ0n) is 9.26. The molecule has 1 atom stereocenters. The number of rotatable bonds is 4. The molecule has 15 heavy (non-hydrogen) atoms. The number of nitrogens with zero attached hydrogens (tertiary/aromatic N) is 1. The third kappa shape index (κ3) is 2.63. The first-order valence-electron chi connectivity index (χ1n) is 5.59. The SMILES string of the molecule is CCC(Nc1cc(C)cnc1Cl)C1CC1. The molecule has 1 aromatic heterocycles. The van der Waals surface area contributed by atoms with E-state index < -0.39 is 0 Å². The van der Waals surface area contributed by atoms with Crippen molar-refractivity contribution in [2.45, 2.75) is 39.2 Å². The zero-order chi connectivity index (χ0) is 10.8. The molecule has 0 spiro atoms. The van der Waals surface area contributed by atoms with E-state index in [1.54, 1.807) is 6.20 Å². The van der Waals surface area contributed by atoms with Gasteiger partial charge in [0.25, 0.3) is 0 Å². The number of pyridine rings is 1. The summed E-state index contributed by atoms with van der Waals surface area (Å²) in [6.45, 7) is 4.25. The Balaban J connectivity index is 2.11. The molecule has 2 nitrogen and oxygen atoms in total. The minimum atomic E-state index is 0.561. The van der Waals surface area contributed by atoms with Gasteiger partial charge in [0.15, 0.2) is 5.15 Å². The third-order valence-corrected chi connectivity index (χ3v) is 3.25. The predicted octanol–water partition coefficient (Wildman–Crippen LogP) is 3.64. The molecule has 1 N–H and O–H groups in total. The number of anilines is 1. The van der Waals surface area contributed by atoms with Crippen LogP contribution in [-0.2, 0) is 0 Å². The first kappa shape index (κ1) is 10.7. The number of nitrogens with one attached hydrogen (secondary N) is 1. The second-order valence-electron chi connectivity index (χ2n) is 4.35. The monoisotopic (exact) mass is 224 g/mol. The third-order valence-electron chi connectivity index (χ3n) is 2.95. The lowest BCUT2D eigenvalue weighted by molar-refractivity contribution is 0.616. The number of aryl methyl sites for hydroxylation is 1. The molecule has 3 heteroatoms. The van der Waals surface area contributed by atoms with E-state index in [4.69, 9.17) is 11.6 Å². The lowest BCUT2D eigenvalue weighted by Crippen LogP contribution is -2.21. The predicted molar refractivity (Wildman–Crippen MR) is 64.4 cm³/mol. The van der Waals surface area contributed by atoms with Gasteiger partial charge in [-0.25, -0.2) is 4.98 Å². The fourth-order valence-corrected chi connectivity index (χ4v) is 2.06. The summed E-state index contributed by atoms with van der Waals surface area (Å²) in [5.74, 6) is 0.839. The summed E-state index contributed by atoms with van der Waals surface area (Å²) in [4.78, 5) is 4.15. The summed E-state index contributed by atoms with van der Waals surface area (Å²) >= 11 is 6.05. The molecule has 0 saturated heterocycles. The molecule has 1 aliphatic rings. The molecule has 0 aliphatic heterocycles. The summed E-state index contributed by atoms with van der Waals surface area (Å²) in [6, 6.07) is 2.63. The van der Waals surface area contributed by atoms with E-state index in [1.165, 1.54) is 12.8 Å². The van der Waals surface area contributed by atoms with Crippen molar-refractivity contribution in [3.8, 4) is 0 Å². The van der Waals surface area contributed by atoms with Crippen LogP contribution in [0.15, 0.2) is 12.3 Å². The average molecular weight is 225 g/mol. The van der Waals surface area contributed by atoms with Crippen molar-refractivity contribution in [1.82, 2.24) is 4.98 Å². The molecular formula is C12H17ClN2. The Morgan fingerprint density at radius 3 is 2.93 bits per heavy atom. The topological polar surface area (TPSA) is 24.9 Å². The molecule has 1 aliphatic carbocycles. The maximum absolute atomic E-state index is 6.05. The summed E-state index contributed by atoms with van der Waals surface area (Å²) in [7, 11) is 0. The first-order chi connectivity index (χ1) is 7.20. The van der Waals surface area contributed by atoms with Crippen LogP contribution in [0, 0.1) is 12.8 Å². The smallest absolute Gasteiger partial charge is 0.152 e. The highest BCUT2D eigenvalue weighted by atomic mass is 35.5. The fourth-order valence-electron chi connectivity index (χ4n) is 1.91. The van der Waals surface area contributed by atoms with E-state index in [-0.39, 0.29) is 0 Å². The molecule has 0 amide bonds. The van der Waals surface area contributed by atoms with Crippen molar-refractivity contribution >= 4 is 17.3 Å². The molecule has 2 rings (SSSR count). The Labute approximate surface area is 96.1 Å². The molecule has 1 aromatic rings. The molecular weight excluding hydrogens is 208 g/mol. The highest BCUT2D eigenvalue weighted by Crippen LogP contribution is 2.36. The quantitative estimate of drug-likeness (QED) is 0.790. The van der Waals surface area contributed by atoms with Gasteiger partial charge in [-0.3, -0.25) is 0 Å². The Morgan fingerprint density at radius 1 is 1.60 bits per heavy atom. The van der Waals surface area contributed by atoms with Crippen LogP contribution in [0.3, 0.4) is 0 Å². The minimum absolute atomic E-state index is 0.561. The van der Waals surface area contributed by atoms with Gasteiger partial charge >= 0.3 is 0 Å². The van der Waals surface area contributed by atoms with Crippen molar-refractivity contribution in [3.05, 3.63) is 23.0 Å². The number of hydrogen-bond donors (Lipinski definition) is 1. The lowest BCUT2D eigenvalue weighted by Gasteiger charge is -2.18. The van der Waals surface area contributed by atoms with Gasteiger partial charge in [0, 0.05) is 12.2 Å². The standard InChI is InChI=1S/C12H17ClN2/c1-3-10(9-4-5-9)15-11-6-8(2)7-14-12(11)13/h6-7,9-10,15H,3-5H2,1-2H3. The van der Waals surface area contributed by atoms with Crippen LogP contribution in [0.1, 0.15) is 31.7 Å². The van der Waals surface area contributed by atoms with Gasteiger partial charge in [-0.2, -0.15) is 0 Å². The minimum Gasteiger partial charge on any atom is -0.380 e. The molecule has 1 saturated carbocycles. The second-order valence-corrected chi connectivity index (χ2v) is 4.71. The zero-order valence-corrected chi connectivity index (χ0v) is 10.0. The van der Waals surface area contributed by atoms with Gasteiger partial charge in [-0.15, -0.1) is 0 Å². The average Bonchev–Trinajstić information content (AvgIpc) is 3.03. The van der Waals surface area contributed by atoms with Gasteiger partial charge in [0.2, 0.25) is 0 Å². The van der Waals surface area contributed by atoms with Gasteiger partial charge in [0.1, 0.15) is 0 Å². The molecule has 1 fully saturated rings. The van der Waals surface area contributed by atoms with Crippen LogP contribution in [0.4, 0.5) is 5.69 Å². The van der Waals surface area contributed by atoms with E-state index in [0.29, 0.717) is 11.2 Å². The van der Waals surface area contributed by atoms with Crippen LogP contribution < -0.4 is 5.32 Å². The van der Waals surface area contributed by atoms with Crippen molar-refractivity contribution in [3.63, 3.8) is 0 Å². The number of halogens is 1. The van der Waals surface area contributed by atoms with E-state index in [2.05, 4.69) is 23.3 Å². The molecule has 1 heterocycles. The van der Waals surface area contributed by atoms with Crippen molar-refractivity contribution in [2.24, 2.45) is 5.92 Å². The second kappa shape index (κ2) is 4.40. The van der Waals surface area contributed by atoms with E-state index >= 15 is 0 Å². The van der Waals surface area contributed by atoms with Crippen molar-refractivity contribution in [1.29, 1.82) is 0 Å². The summed E-state index contributed by atoms with van der Waals surface area (Å²) in [5, 5.41) is 4.09. The van der Waals surface area contributed by atoms with Crippen LogP contribution in [-0.4, -0.2) is 11.0 Å². The molecule has 1 unspecified atom stereocenters. The Hall–Kier alpha value is -0.760. The van der Waals surface area contributed by atoms with E-state index in [1.807, 2.05) is 6.92 Å². The summed E-state index contributed by atoms with van der Waals surface area (Å²) in [5.41, 5.74) is 2.13. The van der Waals surface area contributed by atoms with Crippen LogP contribution in [0.25, 0.3) is 0 Å². The molecule has 82 valence electrons. The summed E-state index contributed by atoms with van der Waals surface area (Å²) < 4.78 is 0. The highest BCUT2D eigenvalue weighted by molar-refractivity contribution is 6.31. The van der Waals surface area contributed by atoms with Crippen LogP contribution in [0.5, 0.6) is 0 Å². The maximum atomic E-state index is 6.05. The summed E-state index contributed by atoms with van der Waals surface area (Å²) in [6.07, 6.45) is 5.64.